The number of carboxylic acid groups (broad SMARTS) is 1. The fraction of sp³-hybridized carbons (Fsp3) is 0.214. The molecule has 5 heteroatoms. The summed E-state index contributed by atoms with van der Waals surface area (Å²) in [6.07, 6.45) is 0. The molecule has 19 heavy (non-hydrogen) atoms. The highest BCUT2D eigenvalue weighted by Gasteiger charge is 2.08. The lowest BCUT2D eigenvalue weighted by atomic mass is 10.1. The van der Waals surface area contributed by atoms with Crippen molar-refractivity contribution in [2.24, 2.45) is 0 Å². The van der Waals surface area contributed by atoms with Crippen molar-refractivity contribution in [1.82, 2.24) is 9.97 Å². The number of carbonyl (C=O) groups is 1. The highest BCUT2D eigenvalue weighted by molar-refractivity contribution is 5.86. The van der Waals surface area contributed by atoms with Crippen molar-refractivity contribution in [1.29, 1.82) is 0 Å². The van der Waals surface area contributed by atoms with E-state index in [-0.39, 0.29) is 5.69 Å². The number of anilines is 2. The first-order chi connectivity index (χ1) is 8.95. The van der Waals surface area contributed by atoms with Gasteiger partial charge in [0.2, 0.25) is 0 Å². The Morgan fingerprint density at radius 3 is 2.47 bits per heavy atom. The van der Waals surface area contributed by atoms with E-state index >= 15 is 0 Å². The zero-order valence-electron chi connectivity index (χ0n) is 11.1. The van der Waals surface area contributed by atoms with Crippen LogP contribution in [-0.4, -0.2) is 21.0 Å². The highest BCUT2D eigenvalue weighted by atomic mass is 16.4. The Morgan fingerprint density at radius 2 is 1.84 bits per heavy atom. The van der Waals surface area contributed by atoms with Gasteiger partial charge in [-0.1, -0.05) is 6.07 Å². The van der Waals surface area contributed by atoms with Gasteiger partial charge in [0.1, 0.15) is 11.6 Å². The summed E-state index contributed by atoms with van der Waals surface area (Å²) < 4.78 is 0. The minimum Gasteiger partial charge on any atom is -0.477 e. The maximum atomic E-state index is 10.9. The molecule has 0 saturated carbocycles. The Balaban J connectivity index is 2.32. The molecule has 0 radical (unpaired) electrons. The van der Waals surface area contributed by atoms with Crippen LogP contribution in [0.3, 0.4) is 0 Å². The monoisotopic (exact) mass is 257 g/mol. The number of nitrogens with one attached hydrogen (secondary N) is 1. The van der Waals surface area contributed by atoms with E-state index in [1.165, 1.54) is 11.6 Å². The van der Waals surface area contributed by atoms with Gasteiger partial charge in [0, 0.05) is 11.8 Å². The number of carboxylic acids is 1. The largest absolute Gasteiger partial charge is 0.477 e. The van der Waals surface area contributed by atoms with Crippen LogP contribution >= 0.6 is 0 Å². The number of aromatic nitrogens is 2. The average molecular weight is 257 g/mol. The molecule has 0 spiro atoms. The van der Waals surface area contributed by atoms with Gasteiger partial charge in [-0.05, 0) is 44.0 Å². The second kappa shape index (κ2) is 5.06. The molecule has 0 aliphatic carbocycles. The first-order valence-corrected chi connectivity index (χ1v) is 5.89. The second-order valence-electron chi connectivity index (χ2n) is 4.41. The Bertz CT molecular complexity index is 639. The third-order valence-corrected chi connectivity index (χ3v) is 2.84. The van der Waals surface area contributed by atoms with Crippen LogP contribution in [0.4, 0.5) is 11.5 Å². The molecule has 0 amide bonds. The third kappa shape index (κ3) is 3.07. The van der Waals surface area contributed by atoms with Gasteiger partial charge in [0.05, 0.1) is 0 Å². The van der Waals surface area contributed by atoms with Gasteiger partial charge < -0.3 is 10.4 Å². The maximum absolute atomic E-state index is 10.9. The predicted octanol–water partition coefficient (Wildman–Crippen LogP) is 2.84. The van der Waals surface area contributed by atoms with Gasteiger partial charge in [0.25, 0.3) is 0 Å². The van der Waals surface area contributed by atoms with E-state index in [9.17, 15) is 4.79 Å². The van der Waals surface area contributed by atoms with Crippen molar-refractivity contribution in [2.75, 3.05) is 5.32 Å². The number of nitrogens with zero attached hydrogens (tertiary/aromatic N) is 2. The smallest absolute Gasteiger partial charge is 0.354 e. The van der Waals surface area contributed by atoms with Crippen molar-refractivity contribution < 1.29 is 9.90 Å². The van der Waals surface area contributed by atoms with Gasteiger partial charge in [0.15, 0.2) is 5.69 Å². The molecule has 1 aromatic carbocycles. The summed E-state index contributed by atoms with van der Waals surface area (Å²) in [6, 6.07) is 7.35. The van der Waals surface area contributed by atoms with E-state index < -0.39 is 5.97 Å². The van der Waals surface area contributed by atoms with E-state index in [0.29, 0.717) is 11.6 Å². The second-order valence-corrected chi connectivity index (χ2v) is 4.41. The fourth-order valence-corrected chi connectivity index (χ4v) is 1.71. The summed E-state index contributed by atoms with van der Waals surface area (Å²) in [5.74, 6) is -0.159. The van der Waals surface area contributed by atoms with Gasteiger partial charge in [-0.25, -0.2) is 14.8 Å². The molecule has 2 N–H and O–H groups in total. The normalized spacial score (nSPS) is 10.3. The molecule has 0 unspecified atom stereocenters. The van der Waals surface area contributed by atoms with Crippen molar-refractivity contribution >= 4 is 17.5 Å². The number of benzene rings is 1. The van der Waals surface area contributed by atoms with Crippen molar-refractivity contribution in [3.8, 4) is 0 Å². The summed E-state index contributed by atoms with van der Waals surface area (Å²) in [7, 11) is 0. The third-order valence-electron chi connectivity index (χ3n) is 2.84. The minimum absolute atomic E-state index is 0.0150. The van der Waals surface area contributed by atoms with Crippen LogP contribution in [0.1, 0.15) is 27.4 Å². The fourth-order valence-electron chi connectivity index (χ4n) is 1.71. The van der Waals surface area contributed by atoms with Gasteiger partial charge in [-0.2, -0.15) is 0 Å². The molecule has 0 saturated heterocycles. The lowest BCUT2D eigenvalue weighted by molar-refractivity contribution is 0.0690. The van der Waals surface area contributed by atoms with Crippen LogP contribution in [0.5, 0.6) is 0 Å². The minimum atomic E-state index is -1.06. The van der Waals surface area contributed by atoms with E-state index in [1.807, 2.05) is 32.0 Å². The first-order valence-electron chi connectivity index (χ1n) is 5.89. The molecule has 5 nitrogen and oxygen atoms in total. The Labute approximate surface area is 111 Å². The van der Waals surface area contributed by atoms with Crippen molar-refractivity contribution in [3.63, 3.8) is 0 Å². The standard InChI is InChI=1S/C14H15N3O2/c1-8-4-5-11(6-9(8)2)17-13-7-12(14(18)19)15-10(3)16-13/h4-7H,1-3H3,(H,18,19)(H,15,16,17). The Kier molecular flexibility index (Phi) is 3.46. The summed E-state index contributed by atoms with van der Waals surface area (Å²) >= 11 is 0. The lowest BCUT2D eigenvalue weighted by Crippen LogP contribution is -2.05. The number of aryl methyl sites for hydroxylation is 3. The molecular weight excluding hydrogens is 242 g/mol. The zero-order chi connectivity index (χ0) is 14.0. The molecule has 0 fully saturated rings. The van der Waals surface area contributed by atoms with Gasteiger partial charge >= 0.3 is 5.97 Å². The zero-order valence-corrected chi connectivity index (χ0v) is 11.1. The molecule has 1 heterocycles. The molecule has 2 aromatic rings. The van der Waals surface area contributed by atoms with Crippen molar-refractivity contribution in [3.05, 3.63) is 46.9 Å². The molecular formula is C14H15N3O2. The molecule has 0 aliphatic rings. The summed E-state index contributed by atoms with van der Waals surface area (Å²) in [5, 5.41) is 12.1. The van der Waals surface area contributed by atoms with Crippen LogP contribution < -0.4 is 5.32 Å². The number of rotatable bonds is 3. The lowest BCUT2D eigenvalue weighted by Gasteiger charge is -2.09. The summed E-state index contributed by atoms with van der Waals surface area (Å²) in [4.78, 5) is 19.0. The van der Waals surface area contributed by atoms with Crippen LogP contribution in [0.25, 0.3) is 0 Å². The number of hydrogen-bond donors (Lipinski definition) is 2. The predicted molar refractivity (Wildman–Crippen MR) is 72.9 cm³/mol. The molecule has 0 aliphatic heterocycles. The SMILES string of the molecule is Cc1nc(Nc2ccc(C)c(C)c2)cc(C(=O)O)n1. The Hall–Kier alpha value is -2.43. The van der Waals surface area contributed by atoms with E-state index in [1.54, 1.807) is 6.92 Å². The summed E-state index contributed by atoms with van der Waals surface area (Å²) in [5.41, 5.74) is 3.22. The molecule has 0 atom stereocenters. The quantitative estimate of drug-likeness (QED) is 0.884. The van der Waals surface area contributed by atoms with Crippen molar-refractivity contribution in [2.45, 2.75) is 20.8 Å². The highest BCUT2D eigenvalue weighted by Crippen LogP contribution is 2.18. The van der Waals surface area contributed by atoms with Crippen LogP contribution in [-0.2, 0) is 0 Å². The molecule has 1 aromatic heterocycles. The van der Waals surface area contributed by atoms with Gasteiger partial charge in [-0.3, -0.25) is 0 Å². The van der Waals surface area contributed by atoms with E-state index in [2.05, 4.69) is 15.3 Å². The molecule has 2 rings (SSSR count). The van der Waals surface area contributed by atoms with E-state index in [0.717, 1.165) is 11.3 Å². The van der Waals surface area contributed by atoms with Crippen LogP contribution in [0.2, 0.25) is 0 Å². The average Bonchev–Trinajstić information content (AvgIpc) is 2.33. The number of hydrogen-bond acceptors (Lipinski definition) is 4. The topological polar surface area (TPSA) is 75.1 Å². The van der Waals surface area contributed by atoms with Crippen LogP contribution in [0, 0.1) is 20.8 Å². The van der Waals surface area contributed by atoms with Crippen LogP contribution in [0.15, 0.2) is 24.3 Å². The molecule has 98 valence electrons. The Morgan fingerprint density at radius 1 is 1.11 bits per heavy atom. The first kappa shape index (κ1) is 13.0. The maximum Gasteiger partial charge on any atom is 0.354 e. The van der Waals surface area contributed by atoms with E-state index in [4.69, 9.17) is 5.11 Å². The number of aromatic carboxylic acids is 1. The molecule has 0 bridgehead atoms. The summed E-state index contributed by atoms with van der Waals surface area (Å²) in [6.45, 7) is 5.73. The van der Waals surface area contributed by atoms with Gasteiger partial charge in [-0.15, -0.1) is 0 Å².